The molecule has 4 heteroatoms. The average Bonchev–Trinajstić information content (AvgIpc) is 2.74. The zero-order valence-electron chi connectivity index (χ0n) is 16.0. The van der Waals surface area contributed by atoms with Gasteiger partial charge in [0, 0.05) is 13.6 Å². The standard InChI is InChI=1S/C24H23NO3/c1-18(23(26)25(2)17-19-9-5-3-6-10-19)28-24(27)22-15-13-21(14-16-22)20-11-7-4-8-12-20/h3-16,18H,17H2,1-2H3/t18-/m0/s1. The Morgan fingerprint density at radius 2 is 1.36 bits per heavy atom. The van der Waals surface area contributed by atoms with Gasteiger partial charge >= 0.3 is 5.97 Å². The molecular formula is C24H23NO3. The van der Waals surface area contributed by atoms with Crippen LogP contribution in [0.5, 0.6) is 0 Å². The number of rotatable bonds is 6. The molecule has 28 heavy (non-hydrogen) atoms. The topological polar surface area (TPSA) is 46.6 Å². The van der Waals surface area contributed by atoms with E-state index in [4.69, 9.17) is 4.74 Å². The number of carbonyl (C=O) groups excluding carboxylic acids is 2. The van der Waals surface area contributed by atoms with Crippen molar-refractivity contribution in [3.63, 3.8) is 0 Å². The maximum Gasteiger partial charge on any atom is 0.338 e. The fourth-order valence-corrected chi connectivity index (χ4v) is 2.95. The Morgan fingerprint density at radius 3 is 1.96 bits per heavy atom. The summed E-state index contributed by atoms with van der Waals surface area (Å²) in [5.41, 5.74) is 3.54. The van der Waals surface area contributed by atoms with Crippen molar-refractivity contribution in [3.8, 4) is 11.1 Å². The first-order valence-electron chi connectivity index (χ1n) is 9.20. The summed E-state index contributed by atoms with van der Waals surface area (Å²) < 4.78 is 5.37. The number of likely N-dealkylation sites (N-methyl/N-ethyl adjacent to an activating group) is 1. The van der Waals surface area contributed by atoms with Crippen LogP contribution in [0.25, 0.3) is 11.1 Å². The molecule has 142 valence electrons. The molecule has 0 aliphatic rings. The Kier molecular flexibility index (Phi) is 6.22. The summed E-state index contributed by atoms with van der Waals surface area (Å²) in [6, 6.07) is 26.8. The van der Waals surface area contributed by atoms with Gasteiger partial charge in [0.15, 0.2) is 6.10 Å². The van der Waals surface area contributed by atoms with Crippen molar-refractivity contribution in [3.05, 3.63) is 96.1 Å². The molecular weight excluding hydrogens is 350 g/mol. The summed E-state index contributed by atoms with van der Waals surface area (Å²) in [7, 11) is 1.70. The second-order valence-electron chi connectivity index (χ2n) is 6.67. The van der Waals surface area contributed by atoms with E-state index in [9.17, 15) is 9.59 Å². The number of benzene rings is 3. The van der Waals surface area contributed by atoms with Crippen LogP contribution in [0.2, 0.25) is 0 Å². The number of hydrogen-bond donors (Lipinski definition) is 0. The van der Waals surface area contributed by atoms with Gasteiger partial charge in [-0.25, -0.2) is 4.79 Å². The van der Waals surface area contributed by atoms with Gasteiger partial charge in [-0.15, -0.1) is 0 Å². The third-order valence-electron chi connectivity index (χ3n) is 4.50. The minimum absolute atomic E-state index is 0.238. The molecule has 0 unspecified atom stereocenters. The zero-order chi connectivity index (χ0) is 19.9. The van der Waals surface area contributed by atoms with Gasteiger partial charge in [0.2, 0.25) is 0 Å². The lowest BCUT2D eigenvalue weighted by molar-refractivity contribution is -0.139. The van der Waals surface area contributed by atoms with E-state index in [1.807, 2.05) is 72.8 Å². The summed E-state index contributed by atoms with van der Waals surface area (Å²) in [6.07, 6.45) is -0.852. The lowest BCUT2D eigenvalue weighted by Gasteiger charge is -2.21. The van der Waals surface area contributed by atoms with Crippen LogP contribution in [0.1, 0.15) is 22.8 Å². The quantitative estimate of drug-likeness (QED) is 0.595. The maximum absolute atomic E-state index is 12.5. The minimum atomic E-state index is -0.852. The van der Waals surface area contributed by atoms with E-state index in [0.717, 1.165) is 16.7 Å². The molecule has 1 atom stereocenters. The number of esters is 1. The van der Waals surface area contributed by atoms with Crippen LogP contribution in [0.3, 0.4) is 0 Å². The number of ether oxygens (including phenoxy) is 1. The van der Waals surface area contributed by atoms with E-state index in [2.05, 4.69) is 0 Å². The first kappa shape index (κ1) is 19.4. The van der Waals surface area contributed by atoms with Crippen molar-refractivity contribution in [2.24, 2.45) is 0 Å². The highest BCUT2D eigenvalue weighted by atomic mass is 16.5. The van der Waals surface area contributed by atoms with Crippen LogP contribution >= 0.6 is 0 Å². The fourth-order valence-electron chi connectivity index (χ4n) is 2.95. The SMILES string of the molecule is C[C@H](OC(=O)c1ccc(-c2ccccc2)cc1)C(=O)N(C)Cc1ccccc1. The molecule has 0 aliphatic carbocycles. The molecule has 4 nitrogen and oxygen atoms in total. The van der Waals surface area contributed by atoms with E-state index < -0.39 is 12.1 Å². The van der Waals surface area contributed by atoms with E-state index in [1.165, 1.54) is 0 Å². The summed E-state index contributed by atoms with van der Waals surface area (Å²) in [4.78, 5) is 26.5. The Morgan fingerprint density at radius 1 is 0.821 bits per heavy atom. The molecule has 3 aromatic carbocycles. The van der Waals surface area contributed by atoms with Gasteiger partial charge in [0.05, 0.1) is 5.56 Å². The molecule has 0 saturated heterocycles. The molecule has 0 spiro atoms. The molecule has 1 amide bonds. The van der Waals surface area contributed by atoms with Gasteiger partial charge in [0.25, 0.3) is 5.91 Å². The normalized spacial score (nSPS) is 11.5. The molecule has 0 heterocycles. The smallest absolute Gasteiger partial charge is 0.338 e. The lowest BCUT2D eigenvalue weighted by atomic mass is 10.0. The van der Waals surface area contributed by atoms with Gasteiger partial charge in [-0.3, -0.25) is 4.79 Å². The van der Waals surface area contributed by atoms with E-state index >= 15 is 0 Å². The third-order valence-corrected chi connectivity index (χ3v) is 4.50. The van der Waals surface area contributed by atoms with Crippen molar-refractivity contribution >= 4 is 11.9 Å². The van der Waals surface area contributed by atoms with Crippen LogP contribution in [0, 0.1) is 0 Å². The summed E-state index contributed by atoms with van der Waals surface area (Å²) >= 11 is 0. The van der Waals surface area contributed by atoms with Gasteiger partial charge in [-0.1, -0.05) is 72.8 Å². The molecule has 0 aliphatic heterocycles. The van der Waals surface area contributed by atoms with Crippen molar-refractivity contribution in [2.75, 3.05) is 7.05 Å². The largest absolute Gasteiger partial charge is 0.449 e. The van der Waals surface area contributed by atoms with Crippen LogP contribution in [-0.2, 0) is 16.1 Å². The van der Waals surface area contributed by atoms with E-state index in [0.29, 0.717) is 12.1 Å². The Balaban J connectivity index is 1.59. The van der Waals surface area contributed by atoms with Gasteiger partial charge in [-0.05, 0) is 35.7 Å². The second kappa shape index (κ2) is 9.00. The average molecular weight is 373 g/mol. The van der Waals surface area contributed by atoms with Crippen molar-refractivity contribution in [2.45, 2.75) is 19.6 Å². The second-order valence-corrected chi connectivity index (χ2v) is 6.67. The predicted octanol–water partition coefficient (Wildman–Crippen LogP) is 4.56. The van der Waals surface area contributed by atoms with Gasteiger partial charge < -0.3 is 9.64 Å². The molecule has 0 radical (unpaired) electrons. The number of hydrogen-bond acceptors (Lipinski definition) is 3. The molecule has 0 aromatic heterocycles. The van der Waals surface area contributed by atoms with Crippen LogP contribution in [-0.4, -0.2) is 29.9 Å². The monoisotopic (exact) mass is 373 g/mol. The van der Waals surface area contributed by atoms with Crippen LogP contribution < -0.4 is 0 Å². The predicted molar refractivity (Wildman–Crippen MR) is 110 cm³/mol. The van der Waals surface area contributed by atoms with E-state index in [1.54, 1.807) is 31.0 Å². The highest BCUT2D eigenvalue weighted by molar-refractivity contribution is 5.92. The lowest BCUT2D eigenvalue weighted by Crippen LogP contribution is -2.37. The first-order chi connectivity index (χ1) is 13.5. The number of carbonyl (C=O) groups is 2. The zero-order valence-corrected chi connectivity index (χ0v) is 16.0. The molecule has 3 aromatic rings. The van der Waals surface area contributed by atoms with Crippen LogP contribution in [0.4, 0.5) is 0 Å². The molecule has 0 fully saturated rings. The van der Waals surface area contributed by atoms with Crippen molar-refractivity contribution < 1.29 is 14.3 Å². The molecule has 0 bridgehead atoms. The molecule has 3 rings (SSSR count). The van der Waals surface area contributed by atoms with Gasteiger partial charge in [0.1, 0.15) is 0 Å². The first-order valence-corrected chi connectivity index (χ1v) is 9.20. The van der Waals surface area contributed by atoms with E-state index in [-0.39, 0.29) is 5.91 Å². The summed E-state index contributed by atoms with van der Waals surface area (Å²) in [5, 5.41) is 0. The highest BCUT2D eigenvalue weighted by Gasteiger charge is 2.22. The van der Waals surface area contributed by atoms with Gasteiger partial charge in [-0.2, -0.15) is 0 Å². The maximum atomic E-state index is 12.5. The van der Waals surface area contributed by atoms with Crippen molar-refractivity contribution in [1.29, 1.82) is 0 Å². The highest BCUT2D eigenvalue weighted by Crippen LogP contribution is 2.19. The minimum Gasteiger partial charge on any atom is -0.449 e. The Bertz CT molecular complexity index is 921. The fraction of sp³-hybridized carbons (Fsp3) is 0.167. The Labute approximate surface area is 165 Å². The summed E-state index contributed by atoms with van der Waals surface area (Å²) in [6.45, 7) is 2.06. The number of nitrogens with zero attached hydrogens (tertiary/aromatic N) is 1. The van der Waals surface area contributed by atoms with Crippen LogP contribution in [0.15, 0.2) is 84.9 Å². The summed E-state index contributed by atoms with van der Waals surface area (Å²) in [5.74, 6) is -0.744. The van der Waals surface area contributed by atoms with Crippen molar-refractivity contribution in [1.82, 2.24) is 4.90 Å². The molecule has 0 saturated carbocycles. The number of amides is 1. The molecule has 0 N–H and O–H groups in total. The third kappa shape index (κ3) is 4.86. The Hall–Kier alpha value is -3.40.